The summed E-state index contributed by atoms with van der Waals surface area (Å²) in [6.45, 7) is 15.6. The molecule has 0 N–H and O–H groups in total. The zero-order valence-corrected chi connectivity index (χ0v) is 32.4. The Morgan fingerprint density at radius 3 is 1.55 bits per heavy atom. The van der Waals surface area contributed by atoms with Crippen LogP contribution in [0.25, 0.3) is 98.1 Å². The molecule has 62 heavy (non-hydrogen) atoms. The number of para-hydroxylation sites is 2. The highest BCUT2D eigenvalue weighted by molar-refractivity contribution is 6.12. The number of halogens is 3. The lowest BCUT2D eigenvalue weighted by atomic mass is 9.93. The monoisotopic (exact) mass is 804 g/mol. The van der Waals surface area contributed by atoms with E-state index in [1.165, 1.54) is 12.1 Å². The van der Waals surface area contributed by atoms with Gasteiger partial charge < -0.3 is 9.13 Å². The number of nitriles is 2. The molecule has 0 fully saturated rings. The molecule has 10 aromatic rings. The van der Waals surface area contributed by atoms with E-state index >= 15 is 13.2 Å². The van der Waals surface area contributed by atoms with Gasteiger partial charge in [-0.3, -0.25) is 0 Å². The molecule has 0 atom stereocenters. The summed E-state index contributed by atoms with van der Waals surface area (Å²) in [5.41, 5.74) is 6.64. The fourth-order valence-corrected chi connectivity index (χ4v) is 8.67. The van der Waals surface area contributed by atoms with E-state index in [9.17, 15) is 10.5 Å². The van der Waals surface area contributed by atoms with Crippen molar-refractivity contribution < 1.29 is 13.2 Å². The zero-order chi connectivity index (χ0) is 42.7. The molecule has 0 aliphatic rings. The van der Waals surface area contributed by atoms with Crippen molar-refractivity contribution in [3.05, 3.63) is 203 Å². The second kappa shape index (κ2) is 14.4. The van der Waals surface area contributed by atoms with E-state index in [0.717, 1.165) is 55.4 Å². The first kappa shape index (κ1) is 37.4. The number of fused-ring (bicyclic) bond motifs is 6. The lowest BCUT2D eigenvalue weighted by Gasteiger charge is -2.22. The van der Waals surface area contributed by atoms with Crippen LogP contribution in [-0.2, 0) is 6.18 Å². The average Bonchev–Trinajstić information content (AvgIpc) is 3.82. The Hall–Kier alpha value is -8.89. The molecule has 2 aromatic heterocycles. The van der Waals surface area contributed by atoms with Crippen LogP contribution in [0, 0.1) is 35.8 Å². The molecule has 0 amide bonds. The molecular weight excluding hydrogens is 778 g/mol. The van der Waals surface area contributed by atoms with Crippen molar-refractivity contribution in [2.24, 2.45) is 0 Å². The van der Waals surface area contributed by atoms with Crippen molar-refractivity contribution in [1.29, 1.82) is 10.5 Å². The maximum Gasteiger partial charge on any atom is 0.415 e. The quantitative estimate of drug-likeness (QED) is 0.163. The minimum absolute atomic E-state index is 0.113. The Balaban J connectivity index is 1.34. The number of alkyl halides is 3. The van der Waals surface area contributed by atoms with Gasteiger partial charge in [0.2, 0.25) is 0 Å². The van der Waals surface area contributed by atoms with Crippen LogP contribution in [0.2, 0.25) is 0 Å². The minimum atomic E-state index is -4.84. The smallest absolute Gasteiger partial charge is 0.309 e. The van der Waals surface area contributed by atoms with Crippen LogP contribution >= 0.6 is 0 Å². The number of nitrogens with zero attached hydrogens (tertiary/aromatic N) is 6. The molecule has 2 heterocycles. The third-order valence-electron chi connectivity index (χ3n) is 11.5. The number of hydrogen-bond donors (Lipinski definition) is 0. The molecule has 8 aromatic carbocycles. The second-order valence-corrected chi connectivity index (χ2v) is 14.8. The van der Waals surface area contributed by atoms with Crippen molar-refractivity contribution in [1.82, 2.24) is 9.13 Å². The summed E-state index contributed by atoms with van der Waals surface area (Å²) < 4.78 is 49.7. The molecule has 0 radical (unpaired) electrons. The fourth-order valence-electron chi connectivity index (χ4n) is 8.67. The maximum absolute atomic E-state index is 15.3. The van der Waals surface area contributed by atoms with E-state index in [2.05, 4.69) is 21.8 Å². The largest absolute Gasteiger partial charge is 0.415 e. The van der Waals surface area contributed by atoms with Crippen LogP contribution < -0.4 is 0 Å². The Morgan fingerprint density at radius 1 is 0.484 bits per heavy atom. The van der Waals surface area contributed by atoms with Crippen LogP contribution in [0.15, 0.2) is 164 Å². The van der Waals surface area contributed by atoms with E-state index in [4.69, 9.17) is 13.1 Å². The van der Waals surface area contributed by atoms with Gasteiger partial charge in [0, 0.05) is 27.1 Å². The molecule has 0 spiro atoms. The van der Waals surface area contributed by atoms with E-state index in [1.807, 2.05) is 118 Å². The van der Waals surface area contributed by atoms with Crippen molar-refractivity contribution in [3.8, 4) is 56.9 Å². The number of benzene rings is 8. The number of rotatable bonds is 5. The summed E-state index contributed by atoms with van der Waals surface area (Å²) in [5, 5.41) is 24.0. The van der Waals surface area contributed by atoms with E-state index < -0.39 is 11.7 Å². The molecule has 0 bridgehead atoms. The first-order valence-electron chi connectivity index (χ1n) is 19.4. The van der Waals surface area contributed by atoms with Gasteiger partial charge in [0.25, 0.3) is 0 Å². The minimum Gasteiger partial charge on any atom is -0.309 e. The van der Waals surface area contributed by atoms with Crippen LogP contribution in [0.1, 0.15) is 16.7 Å². The SMILES string of the molecule is [C-]#[N+]c1ccc(-c2ccc3c4ccccc4n(-c4cc(C#N)c(-n5c6ccccc6c6ccc(-c7ccc(C#N)cc7)cc65)cc4-c4c([N+]#[C-])cccc4C(F)(F)F)c3c2)cc1. The predicted octanol–water partition coefficient (Wildman–Crippen LogP) is 14.7. The van der Waals surface area contributed by atoms with Crippen molar-refractivity contribution in [2.75, 3.05) is 0 Å². The number of hydrogen-bond acceptors (Lipinski definition) is 2. The molecule has 0 aliphatic heterocycles. The molecule has 10 rings (SSSR count). The van der Waals surface area contributed by atoms with Crippen LogP contribution in [0.3, 0.4) is 0 Å². The molecule has 0 saturated heterocycles. The van der Waals surface area contributed by atoms with Crippen LogP contribution in [-0.4, -0.2) is 9.13 Å². The Bertz CT molecular complexity index is 3660. The standard InChI is InChI=1S/C53H27F3N6/c1-59-38-22-18-34(19-23-38)36-21-25-42-40-9-4-6-13-47(40)62(50(42)27-36)51-28-37(31-58)48(29-43(51)52-44(53(54,55)56)10-7-11-45(52)60-2)61-46-12-5-3-8-39(46)41-24-20-35(26-49(41)61)33-16-14-32(30-57)15-17-33/h3-29H. The Morgan fingerprint density at radius 2 is 1.02 bits per heavy atom. The van der Waals surface area contributed by atoms with Gasteiger partial charge in [-0.05, 0) is 76.3 Å². The van der Waals surface area contributed by atoms with Gasteiger partial charge in [-0.15, -0.1) is 0 Å². The van der Waals surface area contributed by atoms with Gasteiger partial charge in [-0.2, -0.15) is 23.7 Å². The normalized spacial score (nSPS) is 11.4. The van der Waals surface area contributed by atoms with Crippen molar-refractivity contribution >= 4 is 55.0 Å². The predicted molar refractivity (Wildman–Crippen MR) is 238 cm³/mol. The van der Waals surface area contributed by atoms with E-state index in [0.29, 0.717) is 33.5 Å². The summed E-state index contributed by atoms with van der Waals surface area (Å²) in [6.07, 6.45) is -4.84. The average molecular weight is 805 g/mol. The first-order valence-corrected chi connectivity index (χ1v) is 19.4. The van der Waals surface area contributed by atoms with Gasteiger partial charge in [0.15, 0.2) is 11.4 Å². The Labute approximate surface area is 353 Å². The Kier molecular flexibility index (Phi) is 8.70. The highest BCUT2D eigenvalue weighted by Gasteiger charge is 2.36. The summed E-state index contributed by atoms with van der Waals surface area (Å²) in [4.78, 5) is 7.18. The summed E-state index contributed by atoms with van der Waals surface area (Å²) >= 11 is 0. The summed E-state index contributed by atoms with van der Waals surface area (Å²) in [5.74, 6) is 0. The van der Waals surface area contributed by atoms with Gasteiger partial charge in [0.05, 0.1) is 69.3 Å². The van der Waals surface area contributed by atoms with E-state index in [-0.39, 0.29) is 28.1 Å². The van der Waals surface area contributed by atoms with Crippen LogP contribution in [0.4, 0.5) is 24.5 Å². The second-order valence-electron chi connectivity index (χ2n) is 14.8. The third-order valence-corrected chi connectivity index (χ3v) is 11.5. The van der Waals surface area contributed by atoms with Gasteiger partial charge in [0.1, 0.15) is 6.07 Å². The lowest BCUT2D eigenvalue weighted by molar-refractivity contribution is -0.137. The highest BCUT2D eigenvalue weighted by Crippen LogP contribution is 2.48. The highest BCUT2D eigenvalue weighted by atomic mass is 19.4. The first-order chi connectivity index (χ1) is 30.2. The summed E-state index contributed by atoms with van der Waals surface area (Å²) in [7, 11) is 0. The number of aromatic nitrogens is 2. The fraction of sp³-hybridized carbons (Fsp3) is 0.0189. The van der Waals surface area contributed by atoms with Crippen molar-refractivity contribution in [2.45, 2.75) is 6.18 Å². The summed E-state index contributed by atoms with van der Waals surface area (Å²) in [6, 6.07) is 53.0. The maximum atomic E-state index is 15.3. The van der Waals surface area contributed by atoms with Gasteiger partial charge in [-0.25, -0.2) is 9.69 Å². The molecule has 0 aliphatic carbocycles. The molecule has 9 heteroatoms. The zero-order valence-electron chi connectivity index (χ0n) is 32.4. The molecule has 0 saturated carbocycles. The molecular formula is C53H27F3N6. The van der Waals surface area contributed by atoms with Crippen LogP contribution in [0.5, 0.6) is 0 Å². The molecule has 290 valence electrons. The molecule has 0 unspecified atom stereocenters. The molecule has 6 nitrogen and oxygen atoms in total. The van der Waals surface area contributed by atoms with E-state index in [1.54, 1.807) is 36.4 Å². The lowest BCUT2D eigenvalue weighted by Crippen LogP contribution is -2.10. The van der Waals surface area contributed by atoms with Gasteiger partial charge in [-0.1, -0.05) is 115 Å². The van der Waals surface area contributed by atoms with Crippen molar-refractivity contribution in [3.63, 3.8) is 0 Å². The third kappa shape index (κ3) is 5.93. The topological polar surface area (TPSA) is 66.2 Å². The van der Waals surface area contributed by atoms with Gasteiger partial charge >= 0.3 is 6.18 Å².